The summed E-state index contributed by atoms with van der Waals surface area (Å²) in [4.78, 5) is 12.4. The number of hydrogen-bond acceptors (Lipinski definition) is 3. The number of benzene rings is 1. The first-order chi connectivity index (χ1) is 9.70. The second-order valence-electron chi connectivity index (χ2n) is 5.91. The molecule has 1 aromatic carbocycles. The Morgan fingerprint density at radius 2 is 1.95 bits per heavy atom. The normalized spacial score (nSPS) is 17.1. The first kappa shape index (κ1) is 16.0. The Kier molecular flexibility index (Phi) is 4.39. The van der Waals surface area contributed by atoms with Crippen LogP contribution in [0.3, 0.4) is 0 Å². The summed E-state index contributed by atoms with van der Waals surface area (Å²) >= 11 is 0. The minimum atomic E-state index is -3.82. The molecule has 1 aliphatic rings. The van der Waals surface area contributed by atoms with Crippen molar-refractivity contribution < 1.29 is 13.2 Å². The third-order valence-electron chi connectivity index (χ3n) is 4.43. The van der Waals surface area contributed by atoms with Crippen molar-refractivity contribution in [2.24, 2.45) is 11.1 Å². The van der Waals surface area contributed by atoms with Gasteiger partial charge in [0, 0.05) is 11.6 Å². The van der Waals surface area contributed by atoms with Gasteiger partial charge in [-0.15, -0.1) is 0 Å². The van der Waals surface area contributed by atoms with E-state index in [1.54, 1.807) is 6.92 Å². The van der Waals surface area contributed by atoms with E-state index < -0.39 is 10.0 Å². The molecule has 0 spiro atoms. The number of hydrogen-bond donors (Lipinski definition) is 2. The minimum absolute atomic E-state index is 0.0213. The first-order valence-electron chi connectivity index (χ1n) is 7.15. The second-order valence-corrected chi connectivity index (χ2v) is 7.47. The van der Waals surface area contributed by atoms with Gasteiger partial charge in [0.25, 0.3) is 5.91 Å². The van der Waals surface area contributed by atoms with Gasteiger partial charge < -0.3 is 5.32 Å². The Morgan fingerprint density at radius 1 is 1.33 bits per heavy atom. The molecule has 21 heavy (non-hydrogen) atoms. The van der Waals surface area contributed by atoms with Gasteiger partial charge in [0.1, 0.15) is 0 Å². The fourth-order valence-corrected chi connectivity index (χ4v) is 3.19. The van der Waals surface area contributed by atoms with Crippen LogP contribution in [0.1, 0.15) is 47.7 Å². The van der Waals surface area contributed by atoms with Crippen molar-refractivity contribution in [1.82, 2.24) is 5.32 Å². The molecule has 1 saturated carbocycles. The molecule has 1 fully saturated rings. The molecule has 0 aromatic heterocycles. The average molecular weight is 310 g/mol. The molecule has 0 aliphatic heterocycles. The highest BCUT2D eigenvalue weighted by atomic mass is 32.2. The van der Waals surface area contributed by atoms with Crippen molar-refractivity contribution >= 4 is 15.9 Å². The number of sulfonamides is 1. The van der Waals surface area contributed by atoms with Crippen LogP contribution >= 0.6 is 0 Å². The summed E-state index contributed by atoms with van der Waals surface area (Å²) in [5.74, 6) is 0.289. The number of amides is 1. The van der Waals surface area contributed by atoms with E-state index in [4.69, 9.17) is 5.14 Å². The molecule has 1 aromatic rings. The lowest BCUT2D eigenvalue weighted by molar-refractivity contribution is 0.0908. The van der Waals surface area contributed by atoms with Gasteiger partial charge in [-0.05, 0) is 62.8 Å². The Morgan fingerprint density at radius 3 is 2.43 bits per heavy atom. The van der Waals surface area contributed by atoms with Crippen LogP contribution in [-0.4, -0.2) is 20.4 Å². The molecule has 0 saturated heterocycles. The predicted octanol–water partition coefficient (Wildman–Crippen LogP) is 1.87. The lowest BCUT2D eigenvalue weighted by Crippen LogP contribution is -2.41. The number of nitrogens with one attached hydrogen (secondary N) is 1. The standard InChI is InChI=1S/C15H22N2O3S/c1-9-7-13(21(16,19)20)8-14(10(9)2)15(18)17-11(3)12-5-4-6-12/h7-8,11-12H,4-6H2,1-3H3,(H,17,18)(H2,16,19,20). The maximum atomic E-state index is 12.4. The summed E-state index contributed by atoms with van der Waals surface area (Å²) < 4.78 is 23.0. The van der Waals surface area contributed by atoms with Gasteiger partial charge in [-0.25, -0.2) is 13.6 Å². The number of aryl methyl sites for hydroxylation is 1. The molecule has 1 atom stereocenters. The van der Waals surface area contributed by atoms with E-state index in [1.807, 2.05) is 13.8 Å². The zero-order valence-corrected chi connectivity index (χ0v) is 13.5. The smallest absolute Gasteiger partial charge is 0.251 e. The quantitative estimate of drug-likeness (QED) is 0.889. The number of rotatable bonds is 4. The lowest BCUT2D eigenvalue weighted by atomic mass is 9.80. The molecule has 3 N–H and O–H groups in total. The zero-order valence-electron chi connectivity index (χ0n) is 12.6. The van der Waals surface area contributed by atoms with Crippen molar-refractivity contribution in [3.8, 4) is 0 Å². The van der Waals surface area contributed by atoms with Crippen molar-refractivity contribution in [2.75, 3.05) is 0 Å². The molecule has 0 bridgehead atoms. The maximum Gasteiger partial charge on any atom is 0.251 e. The fraction of sp³-hybridized carbons (Fsp3) is 0.533. The highest BCUT2D eigenvalue weighted by Crippen LogP contribution is 2.29. The lowest BCUT2D eigenvalue weighted by Gasteiger charge is -2.32. The minimum Gasteiger partial charge on any atom is -0.349 e. The van der Waals surface area contributed by atoms with E-state index in [9.17, 15) is 13.2 Å². The van der Waals surface area contributed by atoms with E-state index in [2.05, 4.69) is 5.32 Å². The van der Waals surface area contributed by atoms with Crippen LogP contribution in [0.15, 0.2) is 17.0 Å². The van der Waals surface area contributed by atoms with Crippen LogP contribution in [0.25, 0.3) is 0 Å². The zero-order chi connectivity index (χ0) is 15.8. The van der Waals surface area contributed by atoms with Gasteiger partial charge in [0.2, 0.25) is 10.0 Å². The summed E-state index contributed by atoms with van der Waals surface area (Å²) in [6.07, 6.45) is 3.48. The van der Waals surface area contributed by atoms with E-state index in [1.165, 1.54) is 18.6 Å². The molecule has 6 heteroatoms. The summed E-state index contributed by atoms with van der Waals surface area (Å²) in [7, 11) is -3.82. The highest BCUT2D eigenvalue weighted by Gasteiger charge is 2.26. The molecule has 1 unspecified atom stereocenters. The van der Waals surface area contributed by atoms with E-state index in [0.717, 1.165) is 24.0 Å². The van der Waals surface area contributed by atoms with Crippen molar-refractivity contribution in [1.29, 1.82) is 0 Å². The summed E-state index contributed by atoms with van der Waals surface area (Å²) in [5, 5.41) is 8.14. The van der Waals surface area contributed by atoms with Crippen LogP contribution in [0.4, 0.5) is 0 Å². The van der Waals surface area contributed by atoms with Crippen molar-refractivity contribution in [2.45, 2.75) is 51.0 Å². The van der Waals surface area contributed by atoms with E-state index in [0.29, 0.717) is 11.5 Å². The van der Waals surface area contributed by atoms with Gasteiger partial charge >= 0.3 is 0 Å². The maximum absolute atomic E-state index is 12.4. The Balaban J connectivity index is 2.29. The molecule has 116 valence electrons. The van der Waals surface area contributed by atoms with Crippen LogP contribution < -0.4 is 10.5 Å². The van der Waals surface area contributed by atoms with Crippen molar-refractivity contribution in [3.05, 3.63) is 28.8 Å². The van der Waals surface area contributed by atoms with Crippen LogP contribution in [0.5, 0.6) is 0 Å². The summed E-state index contributed by atoms with van der Waals surface area (Å²) in [6.45, 7) is 5.58. The Hall–Kier alpha value is -1.40. The number of carbonyl (C=O) groups is 1. The van der Waals surface area contributed by atoms with E-state index >= 15 is 0 Å². The van der Waals surface area contributed by atoms with Crippen LogP contribution in [-0.2, 0) is 10.0 Å². The third-order valence-corrected chi connectivity index (χ3v) is 5.32. The topological polar surface area (TPSA) is 89.3 Å². The number of carbonyl (C=O) groups excluding carboxylic acids is 1. The average Bonchev–Trinajstić information content (AvgIpc) is 2.28. The van der Waals surface area contributed by atoms with Gasteiger partial charge in [0.05, 0.1) is 4.90 Å². The van der Waals surface area contributed by atoms with Gasteiger partial charge in [0.15, 0.2) is 0 Å². The SMILES string of the molecule is Cc1cc(S(N)(=O)=O)cc(C(=O)NC(C)C2CCC2)c1C. The van der Waals surface area contributed by atoms with Gasteiger partial charge in [-0.3, -0.25) is 4.79 Å². The first-order valence-corrected chi connectivity index (χ1v) is 8.69. The summed E-state index contributed by atoms with van der Waals surface area (Å²) in [5.41, 5.74) is 1.90. The Labute approximate surface area is 126 Å². The molecular formula is C15H22N2O3S. The van der Waals surface area contributed by atoms with Gasteiger partial charge in [-0.2, -0.15) is 0 Å². The molecular weight excluding hydrogens is 288 g/mol. The highest BCUT2D eigenvalue weighted by molar-refractivity contribution is 7.89. The van der Waals surface area contributed by atoms with Gasteiger partial charge in [-0.1, -0.05) is 6.42 Å². The summed E-state index contributed by atoms with van der Waals surface area (Å²) in [6, 6.07) is 2.96. The fourth-order valence-electron chi connectivity index (χ4n) is 2.57. The molecule has 0 heterocycles. The molecule has 2 rings (SSSR count). The number of nitrogens with two attached hydrogens (primary N) is 1. The largest absolute Gasteiger partial charge is 0.349 e. The molecule has 1 aliphatic carbocycles. The van der Waals surface area contributed by atoms with Crippen molar-refractivity contribution in [3.63, 3.8) is 0 Å². The second kappa shape index (κ2) is 5.77. The molecule has 0 radical (unpaired) electrons. The van der Waals surface area contributed by atoms with E-state index in [-0.39, 0.29) is 16.8 Å². The molecule has 1 amide bonds. The monoisotopic (exact) mass is 310 g/mol. The van der Waals surface area contributed by atoms with Crippen LogP contribution in [0.2, 0.25) is 0 Å². The number of primary sulfonamides is 1. The van der Waals surface area contributed by atoms with Crippen LogP contribution in [0, 0.1) is 19.8 Å². The Bertz CT molecular complexity index is 664. The predicted molar refractivity (Wildman–Crippen MR) is 81.6 cm³/mol. The third kappa shape index (κ3) is 3.44. The molecule has 5 nitrogen and oxygen atoms in total.